The topological polar surface area (TPSA) is 45.8 Å². The highest BCUT2D eigenvalue weighted by molar-refractivity contribution is 5.88. The number of aromatic amines is 1. The second kappa shape index (κ2) is 2.44. The first kappa shape index (κ1) is 7.03. The summed E-state index contributed by atoms with van der Waals surface area (Å²) in [4.78, 5) is 17.7. The van der Waals surface area contributed by atoms with E-state index in [9.17, 15) is 4.79 Å². The Balaban J connectivity index is 2.86. The Morgan fingerprint density at radius 3 is 3.08 bits per heavy atom. The van der Waals surface area contributed by atoms with Gasteiger partial charge in [0.05, 0.1) is 17.4 Å². The van der Waals surface area contributed by atoms with Crippen molar-refractivity contribution >= 4 is 17.3 Å². The number of aromatic nitrogens is 2. The van der Waals surface area contributed by atoms with Gasteiger partial charge in [-0.05, 0) is 24.6 Å². The lowest BCUT2D eigenvalue weighted by molar-refractivity contribution is 0.112. The number of aryl methyl sites for hydroxylation is 1. The minimum absolute atomic E-state index is 0.703. The normalized spacial score (nSPS) is 10.4. The van der Waals surface area contributed by atoms with Gasteiger partial charge in [0.25, 0.3) is 0 Å². The lowest BCUT2D eigenvalue weighted by atomic mass is 10.1. The lowest BCUT2D eigenvalue weighted by Crippen LogP contribution is -1.86. The van der Waals surface area contributed by atoms with Gasteiger partial charge in [-0.3, -0.25) is 4.79 Å². The molecule has 0 aliphatic carbocycles. The number of aldehydes is 1. The molecule has 0 spiro atoms. The second-order valence-electron chi connectivity index (χ2n) is 2.70. The Hall–Kier alpha value is -1.64. The molecule has 0 saturated carbocycles. The van der Waals surface area contributed by atoms with Gasteiger partial charge < -0.3 is 4.98 Å². The molecular weight excluding hydrogens is 152 g/mol. The summed E-state index contributed by atoms with van der Waals surface area (Å²) in [5.41, 5.74) is 3.48. The van der Waals surface area contributed by atoms with Crippen LogP contribution in [0.5, 0.6) is 0 Å². The Labute approximate surface area is 69.4 Å². The van der Waals surface area contributed by atoms with Crippen LogP contribution in [-0.2, 0) is 0 Å². The summed E-state index contributed by atoms with van der Waals surface area (Å²) in [6, 6.07) is 3.65. The fourth-order valence-electron chi connectivity index (χ4n) is 1.29. The van der Waals surface area contributed by atoms with Crippen LogP contribution in [0.4, 0.5) is 0 Å². The van der Waals surface area contributed by atoms with E-state index in [1.54, 1.807) is 12.4 Å². The van der Waals surface area contributed by atoms with Gasteiger partial charge in [0.15, 0.2) is 0 Å². The smallest absolute Gasteiger partial charge is 0.150 e. The van der Waals surface area contributed by atoms with E-state index in [0.717, 1.165) is 22.9 Å². The average Bonchev–Trinajstić information content (AvgIpc) is 2.53. The molecule has 0 radical (unpaired) electrons. The molecular formula is C9H8N2O. The zero-order valence-electron chi connectivity index (χ0n) is 6.66. The van der Waals surface area contributed by atoms with Crippen LogP contribution in [0.25, 0.3) is 11.0 Å². The molecule has 0 aliphatic rings. The van der Waals surface area contributed by atoms with Crippen molar-refractivity contribution in [2.75, 3.05) is 0 Å². The third-order valence-corrected chi connectivity index (χ3v) is 2.01. The van der Waals surface area contributed by atoms with E-state index < -0.39 is 0 Å². The molecule has 3 heteroatoms. The zero-order chi connectivity index (χ0) is 8.55. The monoisotopic (exact) mass is 160 g/mol. The van der Waals surface area contributed by atoms with E-state index in [1.807, 2.05) is 13.0 Å². The third-order valence-electron chi connectivity index (χ3n) is 2.01. The van der Waals surface area contributed by atoms with E-state index in [0.29, 0.717) is 5.56 Å². The van der Waals surface area contributed by atoms with Gasteiger partial charge in [-0.15, -0.1) is 0 Å². The first-order chi connectivity index (χ1) is 5.83. The number of nitrogens with one attached hydrogen (secondary N) is 1. The van der Waals surface area contributed by atoms with Crippen molar-refractivity contribution in [1.29, 1.82) is 0 Å². The Kier molecular flexibility index (Phi) is 1.43. The van der Waals surface area contributed by atoms with Crippen LogP contribution in [0, 0.1) is 6.92 Å². The number of hydrogen-bond acceptors (Lipinski definition) is 2. The SMILES string of the molecule is Cc1c(C=O)ccc2[nH]cnc12. The van der Waals surface area contributed by atoms with Crippen molar-refractivity contribution < 1.29 is 4.79 Å². The summed E-state index contributed by atoms with van der Waals surface area (Å²) < 4.78 is 0. The summed E-state index contributed by atoms with van der Waals surface area (Å²) in [5.74, 6) is 0. The number of carbonyl (C=O) groups is 1. The number of imidazole rings is 1. The molecule has 0 atom stereocenters. The van der Waals surface area contributed by atoms with Crippen molar-refractivity contribution in [3.8, 4) is 0 Å². The minimum atomic E-state index is 0.703. The Bertz CT molecular complexity index is 431. The van der Waals surface area contributed by atoms with E-state index in [2.05, 4.69) is 9.97 Å². The van der Waals surface area contributed by atoms with Gasteiger partial charge in [0.2, 0.25) is 0 Å². The maximum absolute atomic E-state index is 10.6. The maximum Gasteiger partial charge on any atom is 0.150 e. The number of nitrogens with zero attached hydrogens (tertiary/aromatic N) is 1. The molecule has 2 aromatic rings. The van der Waals surface area contributed by atoms with Gasteiger partial charge in [-0.25, -0.2) is 4.98 Å². The Morgan fingerprint density at radius 1 is 1.50 bits per heavy atom. The van der Waals surface area contributed by atoms with Crippen molar-refractivity contribution in [1.82, 2.24) is 9.97 Å². The van der Waals surface area contributed by atoms with Crippen LogP contribution < -0.4 is 0 Å². The molecule has 0 bridgehead atoms. The Morgan fingerprint density at radius 2 is 2.33 bits per heavy atom. The minimum Gasteiger partial charge on any atom is -0.345 e. The van der Waals surface area contributed by atoms with Gasteiger partial charge in [0, 0.05) is 5.56 Å². The van der Waals surface area contributed by atoms with Crippen LogP contribution in [0.15, 0.2) is 18.5 Å². The molecule has 12 heavy (non-hydrogen) atoms. The molecule has 1 aromatic carbocycles. The predicted octanol–water partition coefficient (Wildman–Crippen LogP) is 1.68. The summed E-state index contributed by atoms with van der Waals surface area (Å²) in [6.45, 7) is 1.90. The molecule has 60 valence electrons. The van der Waals surface area contributed by atoms with E-state index in [4.69, 9.17) is 0 Å². The summed E-state index contributed by atoms with van der Waals surface area (Å²) >= 11 is 0. The number of hydrogen-bond donors (Lipinski definition) is 1. The fourth-order valence-corrected chi connectivity index (χ4v) is 1.29. The molecule has 3 nitrogen and oxygen atoms in total. The van der Waals surface area contributed by atoms with E-state index in [-0.39, 0.29) is 0 Å². The quantitative estimate of drug-likeness (QED) is 0.645. The number of benzene rings is 1. The highest BCUT2D eigenvalue weighted by Crippen LogP contribution is 2.16. The third kappa shape index (κ3) is 0.830. The molecule has 2 rings (SSSR count). The summed E-state index contributed by atoms with van der Waals surface area (Å²) in [7, 11) is 0. The maximum atomic E-state index is 10.6. The molecule has 1 heterocycles. The molecule has 0 saturated heterocycles. The fraction of sp³-hybridized carbons (Fsp3) is 0.111. The lowest BCUT2D eigenvalue weighted by Gasteiger charge is -1.97. The van der Waals surface area contributed by atoms with Crippen molar-refractivity contribution in [2.24, 2.45) is 0 Å². The highest BCUT2D eigenvalue weighted by atomic mass is 16.1. The van der Waals surface area contributed by atoms with Crippen LogP contribution in [0.3, 0.4) is 0 Å². The number of rotatable bonds is 1. The number of H-pyrrole nitrogens is 1. The van der Waals surface area contributed by atoms with Crippen LogP contribution >= 0.6 is 0 Å². The number of fused-ring (bicyclic) bond motifs is 1. The second-order valence-corrected chi connectivity index (χ2v) is 2.70. The molecule has 0 unspecified atom stereocenters. The van der Waals surface area contributed by atoms with Crippen LogP contribution in [0.2, 0.25) is 0 Å². The predicted molar refractivity (Wildman–Crippen MR) is 46.2 cm³/mol. The van der Waals surface area contributed by atoms with E-state index >= 15 is 0 Å². The summed E-state index contributed by atoms with van der Waals surface area (Å²) in [5, 5.41) is 0. The largest absolute Gasteiger partial charge is 0.345 e. The van der Waals surface area contributed by atoms with Gasteiger partial charge in [-0.2, -0.15) is 0 Å². The van der Waals surface area contributed by atoms with Crippen molar-refractivity contribution in [3.63, 3.8) is 0 Å². The first-order valence-electron chi connectivity index (χ1n) is 3.71. The molecule has 1 aromatic heterocycles. The van der Waals surface area contributed by atoms with Crippen molar-refractivity contribution in [3.05, 3.63) is 29.6 Å². The molecule has 0 amide bonds. The van der Waals surface area contributed by atoms with Gasteiger partial charge in [-0.1, -0.05) is 0 Å². The number of carbonyl (C=O) groups excluding carboxylic acids is 1. The van der Waals surface area contributed by atoms with Gasteiger partial charge >= 0.3 is 0 Å². The standard InChI is InChI=1S/C9H8N2O/c1-6-7(4-12)2-3-8-9(6)11-5-10-8/h2-5H,1H3,(H,10,11). The molecule has 0 aliphatic heterocycles. The zero-order valence-corrected chi connectivity index (χ0v) is 6.66. The summed E-state index contributed by atoms with van der Waals surface area (Å²) in [6.07, 6.45) is 2.48. The van der Waals surface area contributed by atoms with Gasteiger partial charge in [0.1, 0.15) is 6.29 Å². The first-order valence-corrected chi connectivity index (χ1v) is 3.71. The highest BCUT2D eigenvalue weighted by Gasteiger charge is 2.03. The van der Waals surface area contributed by atoms with Crippen molar-refractivity contribution in [2.45, 2.75) is 6.92 Å². The average molecular weight is 160 g/mol. The van der Waals surface area contributed by atoms with E-state index in [1.165, 1.54) is 0 Å². The van der Waals surface area contributed by atoms with Crippen LogP contribution in [0.1, 0.15) is 15.9 Å². The molecule has 0 fully saturated rings. The van der Waals surface area contributed by atoms with Crippen LogP contribution in [-0.4, -0.2) is 16.3 Å². The molecule has 1 N–H and O–H groups in total.